The number of nitrogens with zero attached hydrogens (tertiary/aromatic N) is 2. The van der Waals surface area contributed by atoms with Crippen LogP contribution in [0.3, 0.4) is 0 Å². The maximum absolute atomic E-state index is 9.17. The molecule has 3 nitrogen and oxygen atoms in total. The molecule has 0 fully saturated rings. The molecule has 0 atom stereocenters. The number of aryl methyl sites for hydroxylation is 1. The van der Waals surface area contributed by atoms with Gasteiger partial charge in [-0.25, -0.2) is 4.98 Å². The Morgan fingerprint density at radius 3 is 2.71 bits per heavy atom. The minimum Gasteiger partial charge on any atom is -0.396 e. The lowest BCUT2D eigenvalue weighted by molar-refractivity contribution is 0.157. The molecule has 1 aromatic heterocycles. The van der Waals surface area contributed by atoms with Gasteiger partial charge in [-0.15, -0.1) is 0 Å². The van der Waals surface area contributed by atoms with E-state index in [2.05, 4.69) is 4.98 Å². The average molecular weight is 217 g/mol. The minimum atomic E-state index is -0.142. The summed E-state index contributed by atoms with van der Waals surface area (Å²) < 4.78 is 2.01. The smallest absolute Gasteiger partial charge is 0.150 e. The fourth-order valence-electron chi connectivity index (χ4n) is 1.34. The Balaban J connectivity index is 2.89. The molecule has 0 spiro atoms. The van der Waals surface area contributed by atoms with Gasteiger partial charge in [-0.1, -0.05) is 25.4 Å². The summed E-state index contributed by atoms with van der Waals surface area (Å²) in [5.74, 6) is 0. The SMILES string of the molecule is CCn1cnc(Cl)c1CC(C)(C)CO. The lowest BCUT2D eigenvalue weighted by Gasteiger charge is -2.22. The topological polar surface area (TPSA) is 38.0 Å². The summed E-state index contributed by atoms with van der Waals surface area (Å²) in [5, 5.41) is 9.72. The second-order valence-electron chi connectivity index (χ2n) is 4.27. The second-order valence-corrected chi connectivity index (χ2v) is 4.63. The number of rotatable bonds is 4. The van der Waals surface area contributed by atoms with Crippen molar-refractivity contribution < 1.29 is 5.11 Å². The van der Waals surface area contributed by atoms with E-state index < -0.39 is 0 Å². The number of aliphatic hydroxyl groups is 1. The largest absolute Gasteiger partial charge is 0.396 e. The maximum atomic E-state index is 9.17. The molecule has 0 bridgehead atoms. The Hall–Kier alpha value is -0.540. The number of halogens is 1. The Morgan fingerprint density at radius 2 is 2.21 bits per heavy atom. The van der Waals surface area contributed by atoms with Gasteiger partial charge in [0.15, 0.2) is 0 Å². The van der Waals surface area contributed by atoms with Crippen LogP contribution in [0.4, 0.5) is 0 Å². The standard InChI is InChI=1S/C10H17ClN2O/c1-4-13-7-12-9(11)8(13)5-10(2,3)6-14/h7,14H,4-6H2,1-3H3. The first kappa shape index (κ1) is 11.5. The van der Waals surface area contributed by atoms with Gasteiger partial charge in [0.25, 0.3) is 0 Å². The van der Waals surface area contributed by atoms with Crippen LogP contribution in [0.1, 0.15) is 26.5 Å². The third-order valence-corrected chi connectivity index (χ3v) is 2.63. The minimum absolute atomic E-state index is 0.142. The third kappa shape index (κ3) is 2.49. The first-order chi connectivity index (χ1) is 6.50. The van der Waals surface area contributed by atoms with Crippen molar-refractivity contribution in [2.24, 2.45) is 5.41 Å². The summed E-state index contributed by atoms with van der Waals surface area (Å²) in [6.45, 7) is 7.08. The quantitative estimate of drug-likeness (QED) is 0.838. The summed E-state index contributed by atoms with van der Waals surface area (Å²) in [6.07, 6.45) is 2.49. The van der Waals surface area contributed by atoms with E-state index in [0.29, 0.717) is 5.15 Å². The summed E-state index contributed by atoms with van der Waals surface area (Å²) in [5.41, 5.74) is 0.865. The van der Waals surface area contributed by atoms with Crippen molar-refractivity contribution in [3.63, 3.8) is 0 Å². The van der Waals surface area contributed by atoms with Gasteiger partial charge >= 0.3 is 0 Å². The zero-order valence-electron chi connectivity index (χ0n) is 8.92. The fourth-order valence-corrected chi connectivity index (χ4v) is 1.56. The highest BCUT2D eigenvalue weighted by Crippen LogP contribution is 2.25. The average Bonchev–Trinajstić information content (AvgIpc) is 2.48. The molecule has 0 aromatic carbocycles. The Labute approximate surface area is 89.7 Å². The first-order valence-electron chi connectivity index (χ1n) is 4.80. The van der Waals surface area contributed by atoms with Crippen LogP contribution in [0, 0.1) is 5.41 Å². The Kier molecular flexibility index (Phi) is 3.56. The number of aromatic nitrogens is 2. The van der Waals surface area contributed by atoms with Crippen LogP contribution >= 0.6 is 11.6 Å². The maximum Gasteiger partial charge on any atom is 0.150 e. The summed E-state index contributed by atoms with van der Waals surface area (Å²) in [4.78, 5) is 4.05. The highest BCUT2D eigenvalue weighted by molar-refractivity contribution is 6.30. The summed E-state index contributed by atoms with van der Waals surface area (Å²) in [7, 11) is 0. The van der Waals surface area contributed by atoms with Crippen molar-refractivity contribution in [1.29, 1.82) is 0 Å². The van der Waals surface area contributed by atoms with E-state index in [1.165, 1.54) is 0 Å². The second kappa shape index (κ2) is 4.32. The van der Waals surface area contributed by atoms with E-state index in [-0.39, 0.29) is 12.0 Å². The van der Waals surface area contributed by atoms with E-state index in [0.717, 1.165) is 18.7 Å². The number of hydrogen-bond acceptors (Lipinski definition) is 2. The normalized spacial score (nSPS) is 12.1. The van der Waals surface area contributed by atoms with Gasteiger partial charge in [0.2, 0.25) is 0 Å². The molecular formula is C10H17ClN2O. The van der Waals surface area contributed by atoms with E-state index in [1.807, 2.05) is 25.3 Å². The van der Waals surface area contributed by atoms with E-state index >= 15 is 0 Å². The van der Waals surface area contributed by atoms with Crippen molar-refractivity contribution >= 4 is 11.6 Å². The van der Waals surface area contributed by atoms with Gasteiger partial charge in [0.05, 0.1) is 12.0 Å². The van der Waals surface area contributed by atoms with Crippen LogP contribution in [-0.2, 0) is 13.0 Å². The molecule has 0 aliphatic heterocycles. The van der Waals surface area contributed by atoms with Crippen molar-refractivity contribution in [3.8, 4) is 0 Å². The van der Waals surface area contributed by atoms with E-state index in [9.17, 15) is 5.11 Å². The summed E-state index contributed by atoms with van der Waals surface area (Å²) in [6, 6.07) is 0. The monoisotopic (exact) mass is 216 g/mol. The zero-order chi connectivity index (χ0) is 10.8. The summed E-state index contributed by atoms with van der Waals surface area (Å²) >= 11 is 5.97. The molecule has 0 aliphatic carbocycles. The molecule has 1 aromatic rings. The van der Waals surface area contributed by atoms with Gasteiger partial charge in [-0.05, 0) is 18.8 Å². The molecule has 80 valence electrons. The van der Waals surface area contributed by atoms with Crippen molar-refractivity contribution in [3.05, 3.63) is 17.2 Å². The van der Waals surface area contributed by atoms with E-state index in [1.54, 1.807) is 6.33 Å². The third-order valence-electron chi connectivity index (χ3n) is 2.31. The van der Waals surface area contributed by atoms with Gasteiger partial charge in [0, 0.05) is 13.2 Å². The van der Waals surface area contributed by atoms with E-state index in [4.69, 9.17) is 11.6 Å². The molecule has 1 rings (SSSR count). The predicted molar refractivity (Wildman–Crippen MR) is 57.5 cm³/mol. The van der Waals surface area contributed by atoms with Crippen LogP contribution in [-0.4, -0.2) is 21.3 Å². The zero-order valence-corrected chi connectivity index (χ0v) is 9.67. The first-order valence-corrected chi connectivity index (χ1v) is 5.18. The van der Waals surface area contributed by atoms with Crippen LogP contribution in [0.2, 0.25) is 5.15 Å². The number of imidazole rings is 1. The Bertz CT molecular complexity index is 307. The molecule has 14 heavy (non-hydrogen) atoms. The van der Waals surface area contributed by atoms with Gasteiger partial charge < -0.3 is 9.67 Å². The highest BCUT2D eigenvalue weighted by atomic mass is 35.5. The molecule has 0 saturated heterocycles. The Morgan fingerprint density at radius 1 is 1.57 bits per heavy atom. The number of hydrogen-bond donors (Lipinski definition) is 1. The van der Waals surface area contributed by atoms with Crippen LogP contribution < -0.4 is 0 Å². The molecule has 0 aliphatic rings. The van der Waals surface area contributed by atoms with Gasteiger partial charge in [-0.2, -0.15) is 0 Å². The van der Waals surface area contributed by atoms with Crippen LogP contribution in [0.25, 0.3) is 0 Å². The molecule has 0 amide bonds. The van der Waals surface area contributed by atoms with Gasteiger partial charge in [-0.3, -0.25) is 0 Å². The molecule has 1 heterocycles. The van der Waals surface area contributed by atoms with Crippen LogP contribution in [0.15, 0.2) is 6.33 Å². The highest BCUT2D eigenvalue weighted by Gasteiger charge is 2.21. The fraction of sp³-hybridized carbons (Fsp3) is 0.700. The molecule has 1 N–H and O–H groups in total. The molecule has 0 unspecified atom stereocenters. The molecule has 4 heteroatoms. The van der Waals surface area contributed by atoms with Gasteiger partial charge in [0.1, 0.15) is 5.15 Å². The molecule has 0 saturated carbocycles. The lowest BCUT2D eigenvalue weighted by atomic mass is 9.89. The van der Waals surface area contributed by atoms with Crippen LogP contribution in [0.5, 0.6) is 0 Å². The number of aliphatic hydroxyl groups excluding tert-OH is 1. The lowest BCUT2D eigenvalue weighted by Crippen LogP contribution is -2.21. The van der Waals surface area contributed by atoms with Crippen molar-refractivity contribution in [1.82, 2.24) is 9.55 Å². The molecular weight excluding hydrogens is 200 g/mol. The van der Waals surface area contributed by atoms with Crippen molar-refractivity contribution in [2.45, 2.75) is 33.7 Å². The predicted octanol–water partition coefficient (Wildman–Crippen LogP) is 2.12. The molecule has 0 radical (unpaired) electrons. The van der Waals surface area contributed by atoms with Crippen molar-refractivity contribution in [2.75, 3.05) is 6.61 Å².